The van der Waals surface area contributed by atoms with Gasteiger partial charge < -0.3 is 15.7 Å². The number of carbonyl (C=O) groups excluding carboxylic acids is 1. The molecule has 0 aromatic carbocycles. The van der Waals surface area contributed by atoms with Crippen molar-refractivity contribution in [1.29, 1.82) is 0 Å². The summed E-state index contributed by atoms with van der Waals surface area (Å²) >= 11 is 0. The summed E-state index contributed by atoms with van der Waals surface area (Å²) in [5, 5.41) is 8.82. The molecular formula is C11H20N2O3. The molecule has 1 unspecified atom stereocenters. The number of nitrogens with two attached hydrogens (primary N) is 1. The summed E-state index contributed by atoms with van der Waals surface area (Å²) in [4.78, 5) is 24.5. The molecule has 1 saturated carbocycles. The quantitative estimate of drug-likeness (QED) is 0.684. The van der Waals surface area contributed by atoms with Crippen LogP contribution < -0.4 is 5.73 Å². The minimum absolute atomic E-state index is 0.0191. The summed E-state index contributed by atoms with van der Waals surface area (Å²) in [6.07, 6.45) is 1.67. The maximum atomic E-state index is 12.1. The summed E-state index contributed by atoms with van der Waals surface area (Å²) < 4.78 is 0. The Balaban J connectivity index is 2.61. The van der Waals surface area contributed by atoms with Crippen molar-refractivity contribution < 1.29 is 14.7 Å². The molecule has 92 valence electrons. The van der Waals surface area contributed by atoms with Crippen LogP contribution in [-0.4, -0.2) is 41.5 Å². The van der Waals surface area contributed by atoms with Gasteiger partial charge in [0.15, 0.2) is 0 Å². The van der Waals surface area contributed by atoms with Crippen molar-refractivity contribution in [3.8, 4) is 0 Å². The highest BCUT2D eigenvalue weighted by molar-refractivity contribution is 5.86. The normalized spacial score (nSPS) is 18.9. The Labute approximate surface area is 95.6 Å². The fraction of sp³-hybridized carbons (Fsp3) is 0.818. The zero-order valence-corrected chi connectivity index (χ0v) is 9.90. The summed E-state index contributed by atoms with van der Waals surface area (Å²) in [5.74, 6) is -1.38. The van der Waals surface area contributed by atoms with Gasteiger partial charge in [-0.05, 0) is 19.8 Å². The number of carboxylic acid groups (broad SMARTS) is 1. The van der Waals surface area contributed by atoms with Gasteiger partial charge in [0, 0.05) is 19.6 Å². The summed E-state index contributed by atoms with van der Waals surface area (Å²) in [7, 11) is 0. The Morgan fingerprint density at radius 1 is 1.50 bits per heavy atom. The highest BCUT2D eigenvalue weighted by atomic mass is 16.4. The van der Waals surface area contributed by atoms with Crippen molar-refractivity contribution in [3.63, 3.8) is 0 Å². The maximum absolute atomic E-state index is 12.1. The molecule has 1 aliphatic carbocycles. The topological polar surface area (TPSA) is 83.6 Å². The Morgan fingerprint density at radius 2 is 2.06 bits per heavy atom. The number of aliphatic carboxylic acids is 1. The first-order chi connectivity index (χ1) is 7.46. The van der Waals surface area contributed by atoms with Crippen molar-refractivity contribution in [1.82, 2.24) is 4.90 Å². The lowest BCUT2D eigenvalue weighted by molar-refractivity contribution is -0.144. The third kappa shape index (κ3) is 2.52. The van der Waals surface area contributed by atoms with E-state index < -0.39 is 11.9 Å². The minimum Gasteiger partial charge on any atom is -0.481 e. The van der Waals surface area contributed by atoms with Gasteiger partial charge in [0.1, 0.15) is 0 Å². The number of amides is 1. The highest BCUT2D eigenvalue weighted by Gasteiger charge is 2.50. The van der Waals surface area contributed by atoms with Crippen LogP contribution in [0.1, 0.15) is 26.7 Å². The maximum Gasteiger partial charge on any atom is 0.308 e. The van der Waals surface area contributed by atoms with Gasteiger partial charge in [0.05, 0.1) is 11.3 Å². The molecule has 3 N–H and O–H groups in total. The monoisotopic (exact) mass is 228 g/mol. The number of hydrogen-bond acceptors (Lipinski definition) is 3. The molecule has 0 aromatic heterocycles. The molecule has 16 heavy (non-hydrogen) atoms. The fourth-order valence-corrected chi connectivity index (χ4v) is 1.76. The first kappa shape index (κ1) is 13.0. The number of rotatable bonds is 6. The van der Waals surface area contributed by atoms with Crippen molar-refractivity contribution in [2.45, 2.75) is 26.7 Å². The SMILES string of the molecule is CCN(CC(C)C(=O)O)C(=O)C1(CN)CC1. The average Bonchev–Trinajstić information content (AvgIpc) is 3.05. The van der Waals surface area contributed by atoms with E-state index in [9.17, 15) is 9.59 Å². The molecule has 1 aliphatic rings. The van der Waals surface area contributed by atoms with Crippen LogP contribution in [0.15, 0.2) is 0 Å². The Bertz CT molecular complexity index is 287. The van der Waals surface area contributed by atoms with Crippen LogP contribution in [0.25, 0.3) is 0 Å². The van der Waals surface area contributed by atoms with E-state index in [-0.39, 0.29) is 17.9 Å². The van der Waals surface area contributed by atoms with Gasteiger partial charge in [0.25, 0.3) is 0 Å². The minimum atomic E-state index is -0.871. The van der Waals surface area contributed by atoms with Gasteiger partial charge in [0.2, 0.25) is 5.91 Å². The third-order valence-electron chi connectivity index (χ3n) is 3.28. The van der Waals surface area contributed by atoms with Crippen LogP contribution in [0.3, 0.4) is 0 Å². The van der Waals surface area contributed by atoms with Crippen molar-refractivity contribution in [3.05, 3.63) is 0 Å². The lowest BCUT2D eigenvalue weighted by Crippen LogP contribution is -2.43. The lowest BCUT2D eigenvalue weighted by atomic mass is 10.0. The zero-order chi connectivity index (χ0) is 12.3. The van der Waals surface area contributed by atoms with Crippen LogP contribution in [0, 0.1) is 11.3 Å². The van der Waals surface area contributed by atoms with E-state index in [0.29, 0.717) is 13.1 Å². The van der Waals surface area contributed by atoms with Crippen molar-refractivity contribution in [2.75, 3.05) is 19.6 Å². The summed E-state index contributed by atoms with van der Waals surface area (Å²) in [5.41, 5.74) is 5.21. The van der Waals surface area contributed by atoms with E-state index in [1.807, 2.05) is 6.92 Å². The predicted molar refractivity (Wildman–Crippen MR) is 59.8 cm³/mol. The molecule has 1 rings (SSSR count). The van der Waals surface area contributed by atoms with E-state index >= 15 is 0 Å². The first-order valence-electron chi connectivity index (χ1n) is 5.69. The van der Waals surface area contributed by atoms with Crippen LogP contribution >= 0.6 is 0 Å². The molecule has 0 bridgehead atoms. The number of hydrogen-bond donors (Lipinski definition) is 2. The van der Waals surface area contributed by atoms with Gasteiger partial charge in [-0.2, -0.15) is 0 Å². The number of carboxylic acids is 1. The van der Waals surface area contributed by atoms with Crippen LogP contribution in [0.5, 0.6) is 0 Å². The van der Waals surface area contributed by atoms with Crippen molar-refractivity contribution in [2.24, 2.45) is 17.1 Å². The Morgan fingerprint density at radius 3 is 2.38 bits per heavy atom. The number of nitrogens with zero attached hydrogens (tertiary/aromatic N) is 1. The summed E-state index contributed by atoms with van der Waals surface area (Å²) in [6, 6.07) is 0. The zero-order valence-electron chi connectivity index (χ0n) is 9.90. The van der Waals surface area contributed by atoms with Crippen LogP contribution in [0.4, 0.5) is 0 Å². The van der Waals surface area contributed by atoms with E-state index in [1.54, 1.807) is 11.8 Å². The van der Waals surface area contributed by atoms with E-state index in [0.717, 1.165) is 12.8 Å². The van der Waals surface area contributed by atoms with Gasteiger partial charge >= 0.3 is 5.97 Å². The van der Waals surface area contributed by atoms with Gasteiger partial charge in [-0.25, -0.2) is 0 Å². The Hall–Kier alpha value is -1.10. The fourth-order valence-electron chi connectivity index (χ4n) is 1.76. The van der Waals surface area contributed by atoms with E-state index in [4.69, 9.17) is 10.8 Å². The standard InChI is InChI=1S/C11H20N2O3/c1-3-13(6-8(2)9(14)15)10(16)11(7-12)4-5-11/h8H,3-7,12H2,1-2H3,(H,14,15). The van der Waals surface area contributed by atoms with Gasteiger partial charge in [-0.3, -0.25) is 9.59 Å². The van der Waals surface area contributed by atoms with Crippen molar-refractivity contribution >= 4 is 11.9 Å². The second-order valence-electron chi connectivity index (χ2n) is 4.57. The summed E-state index contributed by atoms with van der Waals surface area (Å²) in [6.45, 7) is 4.65. The van der Waals surface area contributed by atoms with Crippen LogP contribution in [0.2, 0.25) is 0 Å². The van der Waals surface area contributed by atoms with Gasteiger partial charge in [-0.15, -0.1) is 0 Å². The largest absolute Gasteiger partial charge is 0.481 e. The van der Waals surface area contributed by atoms with Crippen LogP contribution in [-0.2, 0) is 9.59 Å². The first-order valence-corrected chi connectivity index (χ1v) is 5.69. The molecule has 0 aromatic rings. The molecule has 5 heteroatoms. The molecule has 1 amide bonds. The molecule has 0 radical (unpaired) electrons. The molecule has 1 fully saturated rings. The third-order valence-corrected chi connectivity index (χ3v) is 3.28. The number of carbonyl (C=O) groups is 2. The molecule has 0 heterocycles. The second kappa shape index (κ2) is 4.82. The molecule has 0 spiro atoms. The van der Waals surface area contributed by atoms with E-state index in [2.05, 4.69) is 0 Å². The van der Waals surface area contributed by atoms with E-state index in [1.165, 1.54) is 0 Å². The highest BCUT2D eigenvalue weighted by Crippen LogP contribution is 2.46. The molecule has 5 nitrogen and oxygen atoms in total. The molecule has 0 aliphatic heterocycles. The molecule has 0 saturated heterocycles. The smallest absolute Gasteiger partial charge is 0.308 e. The average molecular weight is 228 g/mol. The lowest BCUT2D eigenvalue weighted by Gasteiger charge is -2.27. The molecular weight excluding hydrogens is 208 g/mol. The van der Waals surface area contributed by atoms with Gasteiger partial charge in [-0.1, -0.05) is 6.92 Å². The predicted octanol–water partition coefficient (Wildman–Crippen LogP) is 0.295. The molecule has 1 atom stereocenters. The second-order valence-corrected chi connectivity index (χ2v) is 4.57. The Kier molecular flexibility index (Phi) is 3.91.